The van der Waals surface area contributed by atoms with Gasteiger partial charge in [0.1, 0.15) is 11.6 Å². The minimum absolute atomic E-state index is 0.0751. The van der Waals surface area contributed by atoms with Crippen LogP contribution in [0.15, 0.2) is 28.7 Å². The molecule has 0 saturated carbocycles. The Morgan fingerprint density at radius 1 is 1.33 bits per heavy atom. The first-order chi connectivity index (χ1) is 7.43. The van der Waals surface area contributed by atoms with E-state index >= 15 is 0 Å². The van der Waals surface area contributed by atoms with Crippen molar-refractivity contribution in [3.05, 3.63) is 30.2 Å². The van der Waals surface area contributed by atoms with Gasteiger partial charge in [-0.3, -0.25) is 0 Å². The lowest BCUT2D eigenvalue weighted by Crippen LogP contribution is -2.38. The van der Waals surface area contributed by atoms with Gasteiger partial charge in [-0.15, -0.1) is 0 Å². The molecule has 0 bridgehead atoms. The molecule has 1 aromatic carbocycles. The van der Waals surface area contributed by atoms with Crippen molar-refractivity contribution in [1.82, 2.24) is 15.6 Å². The zero-order valence-electron chi connectivity index (χ0n) is 8.31. The van der Waals surface area contributed by atoms with Crippen molar-refractivity contribution in [2.75, 3.05) is 19.6 Å². The maximum atomic E-state index is 5.66. The van der Waals surface area contributed by atoms with Gasteiger partial charge in [0.25, 0.3) is 0 Å². The molecule has 1 unspecified atom stereocenters. The highest BCUT2D eigenvalue weighted by atomic mass is 16.3. The quantitative estimate of drug-likeness (QED) is 0.752. The minimum atomic E-state index is 0.0751. The Balaban J connectivity index is 1.96. The molecule has 1 atom stereocenters. The molecule has 4 heteroatoms. The molecule has 2 aromatic rings. The lowest BCUT2D eigenvalue weighted by molar-refractivity contribution is 0.355. The molecule has 1 fully saturated rings. The fourth-order valence-corrected chi connectivity index (χ4v) is 1.80. The number of para-hydroxylation sites is 2. The number of nitrogens with one attached hydrogen (secondary N) is 1. The number of aromatic nitrogens is 1. The number of hydrogen-bond donors (Lipinski definition) is 1. The van der Waals surface area contributed by atoms with Gasteiger partial charge in [-0.25, -0.2) is 10.3 Å². The average Bonchev–Trinajstić information content (AvgIpc) is 2.74. The van der Waals surface area contributed by atoms with Crippen LogP contribution in [0.1, 0.15) is 11.9 Å². The fraction of sp³-hybridized carbons (Fsp3) is 0.364. The summed E-state index contributed by atoms with van der Waals surface area (Å²) in [6, 6.07) is 7.88. The van der Waals surface area contributed by atoms with Crippen LogP contribution in [0.2, 0.25) is 0 Å². The summed E-state index contributed by atoms with van der Waals surface area (Å²) in [6.07, 6.45) is 0. The van der Waals surface area contributed by atoms with Crippen molar-refractivity contribution in [3.63, 3.8) is 0 Å². The Bertz CT molecular complexity index is 427. The van der Waals surface area contributed by atoms with Crippen molar-refractivity contribution in [2.24, 2.45) is 0 Å². The SMILES string of the molecule is c1ccc2oc(C3CNCC[N]3)nc2c1. The van der Waals surface area contributed by atoms with E-state index < -0.39 is 0 Å². The summed E-state index contributed by atoms with van der Waals surface area (Å²) in [7, 11) is 0. The topological polar surface area (TPSA) is 52.2 Å². The normalized spacial score (nSPS) is 22.0. The standard InChI is InChI=1S/C11H12N3O/c1-2-4-10-8(3-1)14-11(15-10)9-7-12-5-6-13-9/h1-4,9,12H,5-7H2. The zero-order valence-corrected chi connectivity index (χ0v) is 8.31. The van der Waals surface area contributed by atoms with Crippen molar-refractivity contribution in [3.8, 4) is 0 Å². The van der Waals surface area contributed by atoms with Crippen molar-refractivity contribution in [2.45, 2.75) is 6.04 Å². The third kappa shape index (κ3) is 1.62. The molecule has 77 valence electrons. The molecule has 1 aliphatic heterocycles. The summed E-state index contributed by atoms with van der Waals surface area (Å²) in [4.78, 5) is 4.44. The Morgan fingerprint density at radius 2 is 2.27 bits per heavy atom. The van der Waals surface area contributed by atoms with Gasteiger partial charge in [-0.2, -0.15) is 0 Å². The molecule has 0 amide bonds. The maximum Gasteiger partial charge on any atom is 0.215 e. The Labute approximate surface area is 87.7 Å². The Morgan fingerprint density at radius 3 is 3.07 bits per heavy atom. The third-order valence-electron chi connectivity index (χ3n) is 2.57. The predicted molar refractivity (Wildman–Crippen MR) is 56.6 cm³/mol. The molecule has 0 spiro atoms. The Kier molecular flexibility index (Phi) is 2.16. The Hall–Kier alpha value is -1.39. The van der Waals surface area contributed by atoms with Gasteiger partial charge < -0.3 is 9.73 Å². The number of hydrogen-bond acceptors (Lipinski definition) is 3. The van der Waals surface area contributed by atoms with Gasteiger partial charge in [0.05, 0.1) is 0 Å². The van der Waals surface area contributed by atoms with Crippen LogP contribution < -0.4 is 10.6 Å². The number of fused-ring (bicyclic) bond motifs is 1. The number of rotatable bonds is 1. The van der Waals surface area contributed by atoms with Gasteiger partial charge in [-0.1, -0.05) is 12.1 Å². The highest BCUT2D eigenvalue weighted by molar-refractivity contribution is 5.72. The van der Waals surface area contributed by atoms with Crippen molar-refractivity contribution < 1.29 is 4.42 Å². The molecule has 1 aromatic heterocycles. The molecular formula is C11H12N3O. The summed E-state index contributed by atoms with van der Waals surface area (Å²) >= 11 is 0. The second-order valence-corrected chi connectivity index (χ2v) is 3.65. The van der Waals surface area contributed by atoms with Gasteiger partial charge >= 0.3 is 0 Å². The van der Waals surface area contributed by atoms with Crippen molar-refractivity contribution in [1.29, 1.82) is 0 Å². The summed E-state index contributed by atoms with van der Waals surface area (Å²) in [5.74, 6) is 0.725. The van der Waals surface area contributed by atoms with Crippen LogP contribution in [0, 0.1) is 0 Å². The first-order valence-electron chi connectivity index (χ1n) is 5.16. The van der Waals surface area contributed by atoms with E-state index in [-0.39, 0.29) is 6.04 Å². The largest absolute Gasteiger partial charge is 0.439 e. The second kappa shape index (κ2) is 3.64. The van der Waals surface area contributed by atoms with E-state index in [0.717, 1.165) is 36.6 Å². The molecule has 2 heterocycles. The number of nitrogens with zero attached hydrogens (tertiary/aromatic N) is 2. The first kappa shape index (κ1) is 8.88. The van der Waals surface area contributed by atoms with Crippen LogP contribution in [0.4, 0.5) is 0 Å². The molecule has 15 heavy (non-hydrogen) atoms. The summed E-state index contributed by atoms with van der Waals surface area (Å²) < 4.78 is 5.66. The summed E-state index contributed by atoms with van der Waals surface area (Å²) in [5, 5.41) is 7.76. The first-order valence-corrected chi connectivity index (χ1v) is 5.16. The monoisotopic (exact) mass is 202 g/mol. The van der Waals surface area contributed by atoms with Crippen molar-refractivity contribution >= 4 is 11.1 Å². The van der Waals surface area contributed by atoms with Gasteiger partial charge in [0.2, 0.25) is 5.89 Å². The highest BCUT2D eigenvalue weighted by Crippen LogP contribution is 2.20. The van der Waals surface area contributed by atoms with E-state index in [1.807, 2.05) is 24.3 Å². The molecular weight excluding hydrogens is 190 g/mol. The van der Waals surface area contributed by atoms with Gasteiger partial charge in [-0.05, 0) is 12.1 Å². The van der Waals surface area contributed by atoms with Crippen LogP contribution >= 0.6 is 0 Å². The zero-order chi connectivity index (χ0) is 10.1. The lowest BCUT2D eigenvalue weighted by atomic mass is 10.2. The molecule has 3 rings (SSSR count). The number of benzene rings is 1. The van der Waals surface area contributed by atoms with E-state index in [1.165, 1.54) is 0 Å². The van der Waals surface area contributed by atoms with Gasteiger partial charge in [0, 0.05) is 19.6 Å². The third-order valence-corrected chi connectivity index (χ3v) is 2.57. The number of piperazine rings is 1. The van der Waals surface area contributed by atoms with E-state index in [9.17, 15) is 0 Å². The smallest absolute Gasteiger partial charge is 0.215 e. The van der Waals surface area contributed by atoms with Crippen LogP contribution in [0.25, 0.3) is 11.1 Å². The molecule has 1 saturated heterocycles. The van der Waals surface area contributed by atoms with E-state index in [2.05, 4.69) is 15.6 Å². The molecule has 1 N–H and O–H groups in total. The molecule has 1 radical (unpaired) electrons. The van der Waals surface area contributed by atoms with Crippen LogP contribution in [-0.4, -0.2) is 24.6 Å². The fourth-order valence-electron chi connectivity index (χ4n) is 1.80. The van der Waals surface area contributed by atoms with Crippen LogP contribution in [0.5, 0.6) is 0 Å². The van der Waals surface area contributed by atoms with Gasteiger partial charge in [0.15, 0.2) is 5.58 Å². The summed E-state index contributed by atoms with van der Waals surface area (Å²) in [5.41, 5.74) is 1.75. The second-order valence-electron chi connectivity index (χ2n) is 3.65. The average molecular weight is 202 g/mol. The molecule has 0 aliphatic carbocycles. The van der Waals surface area contributed by atoms with Crippen LogP contribution in [0.3, 0.4) is 0 Å². The minimum Gasteiger partial charge on any atom is -0.439 e. The maximum absolute atomic E-state index is 5.66. The summed E-state index contributed by atoms with van der Waals surface area (Å²) in [6.45, 7) is 2.62. The van der Waals surface area contributed by atoms with E-state index in [4.69, 9.17) is 4.42 Å². The highest BCUT2D eigenvalue weighted by Gasteiger charge is 2.20. The predicted octanol–water partition coefficient (Wildman–Crippen LogP) is 1.08. The van der Waals surface area contributed by atoms with Crippen LogP contribution in [-0.2, 0) is 0 Å². The number of oxazole rings is 1. The molecule has 4 nitrogen and oxygen atoms in total. The lowest BCUT2D eigenvalue weighted by Gasteiger charge is -2.19. The van der Waals surface area contributed by atoms with E-state index in [1.54, 1.807) is 0 Å². The molecule has 1 aliphatic rings. The van der Waals surface area contributed by atoms with E-state index in [0.29, 0.717) is 0 Å².